The largest absolute Gasteiger partial charge is 0.271 e. The van der Waals surface area contributed by atoms with Crippen molar-refractivity contribution in [2.24, 2.45) is 24.7 Å². The monoisotopic (exact) mass is 266 g/mol. The lowest BCUT2D eigenvalue weighted by molar-refractivity contribution is 0.211. The molecule has 1 fully saturated rings. The van der Waals surface area contributed by atoms with Crippen molar-refractivity contribution in [1.82, 2.24) is 25.6 Å². The van der Waals surface area contributed by atoms with Gasteiger partial charge in [0.1, 0.15) is 0 Å². The Kier molecular flexibility index (Phi) is 5.27. The Bertz CT molecular complexity index is 369. The Hall–Kier alpha value is -1.01. The van der Waals surface area contributed by atoms with Gasteiger partial charge in [0.25, 0.3) is 0 Å². The topological polar surface area (TPSA) is 81.7 Å². The minimum absolute atomic E-state index is 0.270. The summed E-state index contributed by atoms with van der Waals surface area (Å²) in [7, 11) is 1.79. The first kappa shape index (κ1) is 14.4. The molecule has 0 aromatic carbocycles. The smallest absolute Gasteiger partial charge is 0.176 e. The van der Waals surface area contributed by atoms with Gasteiger partial charge < -0.3 is 0 Å². The predicted octanol–water partition coefficient (Wildman–Crippen LogP) is 1.19. The number of aryl methyl sites for hydroxylation is 1. The number of hydrazine groups is 1. The molecular weight excluding hydrogens is 240 g/mol. The standard InChI is InChI=1S/C13H26N6/c1-3-4-10-5-7-11(8-6-10)12(15-14)9-13-16-18-19(2)17-13/h10-12,15H,3-9,14H2,1-2H3. The molecule has 1 atom stereocenters. The van der Waals surface area contributed by atoms with Gasteiger partial charge >= 0.3 is 0 Å². The van der Waals surface area contributed by atoms with Crippen LogP contribution in [0.5, 0.6) is 0 Å². The fourth-order valence-electron chi connectivity index (χ4n) is 3.25. The molecule has 108 valence electrons. The van der Waals surface area contributed by atoms with E-state index in [1.54, 1.807) is 7.05 Å². The van der Waals surface area contributed by atoms with Crippen LogP contribution >= 0.6 is 0 Å². The molecule has 1 aromatic heterocycles. The highest BCUT2D eigenvalue weighted by Crippen LogP contribution is 2.33. The van der Waals surface area contributed by atoms with Crippen LogP contribution in [0.2, 0.25) is 0 Å². The van der Waals surface area contributed by atoms with Crippen LogP contribution in [0.3, 0.4) is 0 Å². The van der Waals surface area contributed by atoms with Gasteiger partial charge in [-0.2, -0.15) is 4.80 Å². The van der Waals surface area contributed by atoms with Crippen LogP contribution < -0.4 is 11.3 Å². The van der Waals surface area contributed by atoms with Gasteiger partial charge in [-0.25, -0.2) is 0 Å². The highest BCUT2D eigenvalue weighted by molar-refractivity contribution is 4.89. The fourth-order valence-corrected chi connectivity index (χ4v) is 3.25. The lowest BCUT2D eigenvalue weighted by atomic mass is 9.76. The van der Waals surface area contributed by atoms with E-state index >= 15 is 0 Å². The molecule has 19 heavy (non-hydrogen) atoms. The molecular formula is C13H26N6. The lowest BCUT2D eigenvalue weighted by Crippen LogP contribution is -2.44. The van der Waals surface area contributed by atoms with Gasteiger partial charge in [0.05, 0.1) is 7.05 Å². The second kappa shape index (κ2) is 6.96. The van der Waals surface area contributed by atoms with Crippen LogP contribution in [0.4, 0.5) is 0 Å². The average molecular weight is 266 g/mol. The molecule has 1 unspecified atom stereocenters. The van der Waals surface area contributed by atoms with Crippen LogP contribution in [0, 0.1) is 11.8 Å². The van der Waals surface area contributed by atoms with E-state index in [1.807, 2.05) is 0 Å². The van der Waals surface area contributed by atoms with Crippen molar-refractivity contribution in [1.29, 1.82) is 0 Å². The van der Waals surface area contributed by atoms with Crippen LogP contribution in [0.1, 0.15) is 51.3 Å². The first-order valence-corrected chi connectivity index (χ1v) is 7.42. The molecule has 6 heteroatoms. The maximum Gasteiger partial charge on any atom is 0.176 e. The number of nitrogens with one attached hydrogen (secondary N) is 1. The predicted molar refractivity (Wildman–Crippen MR) is 74.0 cm³/mol. The van der Waals surface area contributed by atoms with Gasteiger partial charge in [0.2, 0.25) is 0 Å². The Morgan fingerprint density at radius 1 is 1.37 bits per heavy atom. The number of nitrogens with zero attached hydrogens (tertiary/aromatic N) is 4. The Morgan fingerprint density at radius 3 is 2.63 bits per heavy atom. The van der Waals surface area contributed by atoms with Crippen molar-refractivity contribution in [3.05, 3.63) is 5.82 Å². The molecule has 0 saturated heterocycles. The minimum atomic E-state index is 0.270. The number of hydrogen-bond acceptors (Lipinski definition) is 5. The summed E-state index contributed by atoms with van der Waals surface area (Å²) in [6, 6.07) is 0.270. The quantitative estimate of drug-likeness (QED) is 0.597. The summed E-state index contributed by atoms with van der Waals surface area (Å²) in [5.74, 6) is 8.06. The zero-order valence-electron chi connectivity index (χ0n) is 12.0. The second-order valence-electron chi connectivity index (χ2n) is 5.74. The first-order chi connectivity index (χ1) is 9.22. The van der Waals surface area contributed by atoms with Gasteiger partial charge in [0.15, 0.2) is 5.82 Å². The van der Waals surface area contributed by atoms with E-state index < -0.39 is 0 Å². The molecule has 1 aromatic rings. The molecule has 1 aliphatic carbocycles. The summed E-state index contributed by atoms with van der Waals surface area (Å²) < 4.78 is 0. The van der Waals surface area contributed by atoms with E-state index in [0.29, 0.717) is 5.92 Å². The molecule has 1 aliphatic rings. The van der Waals surface area contributed by atoms with Crippen molar-refractivity contribution >= 4 is 0 Å². The highest BCUT2D eigenvalue weighted by atomic mass is 15.6. The molecule has 1 heterocycles. The Balaban J connectivity index is 1.85. The maximum atomic E-state index is 5.72. The number of rotatable bonds is 6. The third-order valence-corrected chi connectivity index (χ3v) is 4.32. The maximum absolute atomic E-state index is 5.72. The first-order valence-electron chi connectivity index (χ1n) is 7.42. The Labute approximate surface area is 115 Å². The van der Waals surface area contributed by atoms with Crippen LogP contribution in [0.15, 0.2) is 0 Å². The molecule has 0 bridgehead atoms. The van der Waals surface area contributed by atoms with E-state index in [-0.39, 0.29) is 6.04 Å². The zero-order valence-corrected chi connectivity index (χ0v) is 12.0. The molecule has 6 nitrogen and oxygen atoms in total. The van der Waals surface area contributed by atoms with Crippen molar-refractivity contribution < 1.29 is 0 Å². The molecule has 0 radical (unpaired) electrons. The fraction of sp³-hybridized carbons (Fsp3) is 0.923. The van der Waals surface area contributed by atoms with Crippen molar-refractivity contribution in [3.63, 3.8) is 0 Å². The summed E-state index contributed by atoms with van der Waals surface area (Å²) in [6.45, 7) is 2.27. The summed E-state index contributed by atoms with van der Waals surface area (Å²) in [5.41, 5.74) is 2.96. The summed E-state index contributed by atoms with van der Waals surface area (Å²) >= 11 is 0. The molecule has 2 rings (SSSR count). The zero-order chi connectivity index (χ0) is 13.7. The molecule has 0 aliphatic heterocycles. The second-order valence-corrected chi connectivity index (χ2v) is 5.74. The van der Waals surface area contributed by atoms with E-state index in [2.05, 4.69) is 27.8 Å². The van der Waals surface area contributed by atoms with Gasteiger partial charge in [-0.05, 0) is 29.9 Å². The summed E-state index contributed by atoms with van der Waals surface area (Å²) in [4.78, 5) is 1.50. The van der Waals surface area contributed by atoms with Gasteiger partial charge in [-0.3, -0.25) is 11.3 Å². The van der Waals surface area contributed by atoms with E-state index in [9.17, 15) is 0 Å². The Morgan fingerprint density at radius 2 is 2.11 bits per heavy atom. The lowest BCUT2D eigenvalue weighted by Gasteiger charge is -2.33. The number of hydrogen-bond donors (Lipinski definition) is 2. The highest BCUT2D eigenvalue weighted by Gasteiger charge is 2.27. The van der Waals surface area contributed by atoms with Gasteiger partial charge in [-0.1, -0.05) is 32.6 Å². The van der Waals surface area contributed by atoms with Crippen LogP contribution in [0.25, 0.3) is 0 Å². The minimum Gasteiger partial charge on any atom is -0.271 e. The number of aromatic nitrogens is 4. The van der Waals surface area contributed by atoms with Crippen LogP contribution in [-0.2, 0) is 13.5 Å². The van der Waals surface area contributed by atoms with Gasteiger partial charge in [0, 0.05) is 12.5 Å². The molecule has 0 amide bonds. The summed E-state index contributed by atoms with van der Waals surface area (Å²) in [6.07, 6.45) is 8.65. The number of nitrogens with two attached hydrogens (primary N) is 1. The van der Waals surface area contributed by atoms with E-state index in [4.69, 9.17) is 5.84 Å². The normalized spacial score (nSPS) is 25.4. The summed E-state index contributed by atoms with van der Waals surface area (Å²) in [5, 5.41) is 12.2. The third-order valence-electron chi connectivity index (χ3n) is 4.32. The van der Waals surface area contributed by atoms with Crippen molar-refractivity contribution in [3.8, 4) is 0 Å². The SMILES string of the molecule is CCCC1CCC(C(Cc2nnn(C)n2)NN)CC1. The van der Waals surface area contributed by atoms with Crippen LogP contribution in [-0.4, -0.2) is 26.2 Å². The molecule has 3 N–H and O–H groups in total. The van der Waals surface area contributed by atoms with Crippen molar-refractivity contribution in [2.75, 3.05) is 0 Å². The average Bonchev–Trinajstić information content (AvgIpc) is 2.83. The van der Waals surface area contributed by atoms with E-state index in [0.717, 1.165) is 18.2 Å². The third kappa shape index (κ3) is 3.98. The molecule has 1 saturated carbocycles. The van der Waals surface area contributed by atoms with Gasteiger partial charge in [-0.15, -0.1) is 10.2 Å². The van der Waals surface area contributed by atoms with Crippen molar-refractivity contribution in [2.45, 2.75) is 57.9 Å². The molecule has 0 spiro atoms. The number of tetrazole rings is 1. The van der Waals surface area contributed by atoms with E-state index in [1.165, 1.54) is 43.3 Å².